The number of piperidine rings is 1. The molecule has 1 saturated heterocycles. The molecular weight excluding hydrogens is 294 g/mol. The van der Waals surface area contributed by atoms with Gasteiger partial charge in [-0.1, -0.05) is 37.3 Å². The molecule has 1 aromatic carbocycles. The van der Waals surface area contributed by atoms with Gasteiger partial charge in [-0.15, -0.1) is 0 Å². The first-order valence-corrected chi connectivity index (χ1v) is 9.23. The molecule has 0 amide bonds. The Hall–Kier alpha value is -1.71. The van der Waals surface area contributed by atoms with Gasteiger partial charge >= 0.3 is 0 Å². The van der Waals surface area contributed by atoms with Gasteiger partial charge in [0.2, 0.25) is 0 Å². The lowest BCUT2D eigenvalue weighted by Crippen LogP contribution is -2.51. The van der Waals surface area contributed by atoms with Crippen LogP contribution >= 0.6 is 0 Å². The van der Waals surface area contributed by atoms with Gasteiger partial charge in [-0.05, 0) is 48.4 Å². The summed E-state index contributed by atoms with van der Waals surface area (Å²) in [6.07, 6.45) is 5.51. The highest BCUT2D eigenvalue weighted by molar-refractivity contribution is 5.33. The molecule has 24 heavy (non-hydrogen) atoms. The number of nitrogens with zero attached hydrogens (tertiary/aromatic N) is 2. The maximum absolute atomic E-state index is 4.47. The summed E-state index contributed by atoms with van der Waals surface area (Å²) in [4.78, 5) is 7.02. The molecule has 0 saturated carbocycles. The normalized spacial score (nSPS) is 24.9. The van der Waals surface area contributed by atoms with Crippen molar-refractivity contribution in [1.82, 2.24) is 15.2 Å². The zero-order valence-corrected chi connectivity index (χ0v) is 14.5. The van der Waals surface area contributed by atoms with Crippen LogP contribution in [0, 0.1) is 5.92 Å². The minimum Gasteiger partial charge on any atom is -0.310 e. The van der Waals surface area contributed by atoms with E-state index in [4.69, 9.17) is 0 Å². The Kier molecular flexibility index (Phi) is 4.63. The molecule has 1 fully saturated rings. The van der Waals surface area contributed by atoms with Crippen molar-refractivity contribution in [3.63, 3.8) is 0 Å². The zero-order valence-electron chi connectivity index (χ0n) is 14.5. The molecular formula is C21H27N3. The van der Waals surface area contributed by atoms with Crippen LogP contribution in [0.2, 0.25) is 0 Å². The number of likely N-dealkylation sites (tertiary alicyclic amines) is 1. The SMILES string of the molecule is C[C@H]1CN(Cc2ccccn2)CC[C@H]1NC1Cc2ccccc2C1. The second kappa shape index (κ2) is 7.04. The van der Waals surface area contributed by atoms with Crippen molar-refractivity contribution >= 4 is 0 Å². The summed E-state index contributed by atoms with van der Waals surface area (Å²) in [6.45, 7) is 5.70. The van der Waals surface area contributed by atoms with E-state index in [9.17, 15) is 0 Å². The number of hydrogen-bond donors (Lipinski definition) is 1. The molecule has 0 bridgehead atoms. The maximum atomic E-state index is 4.47. The second-order valence-corrected chi connectivity index (χ2v) is 7.47. The summed E-state index contributed by atoms with van der Waals surface area (Å²) in [5.41, 5.74) is 4.26. The average Bonchev–Trinajstić information content (AvgIpc) is 3.01. The highest BCUT2D eigenvalue weighted by Gasteiger charge is 2.30. The van der Waals surface area contributed by atoms with Crippen molar-refractivity contribution in [2.24, 2.45) is 5.92 Å². The average molecular weight is 321 g/mol. The number of pyridine rings is 1. The van der Waals surface area contributed by atoms with Crippen LogP contribution in [0.3, 0.4) is 0 Å². The summed E-state index contributed by atoms with van der Waals surface area (Å²) in [6, 6.07) is 16.4. The number of rotatable bonds is 4. The van der Waals surface area contributed by atoms with Crippen LogP contribution in [0.4, 0.5) is 0 Å². The van der Waals surface area contributed by atoms with Crippen molar-refractivity contribution in [3.8, 4) is 0 Å². The van der Waals surface area contributed by atoms with Gasteiger partial charge in [-0.25, -0.2) is 0 Å². The smallest absolute Gasteiger partial charge is 0.0543 e. The summed E-state index contributed by atoms with van der Waals surface area (Å²) >= 11 is 0. The van der Waals surface area contributed by atoms with Gasteiger partial charge in [0, 0.05) is 37.9 Å². The molecule has 126 valence electrons. The van der Waals surface area contributed by atoms with Crippen LogP contribution in [0.25, 0.3) is 0 Å². The summed E-state index contributed by atoms with van der Waals surface area (Å²) in [5, 5.41) is 3.96. The minimum atomic E-state index is 0.622. The molecule has 1 N–H and O–H groups in total. The quantitative estimate of drug-likeness (QED) is 0.938. The molecule has 3 nitrogen and oxygen atoms in total. The topological polar surface area (TPSA) is 28.2 Å². The molecule has 2 aliphatic rings. The van der Waals surface area contributed by atoms with Gasteiger partial charge in [0.15, 0.2) is 0 Å². The van der Waals surface area contributed by atoms with Crippen LogP contribution in [0.15, 0.2) is 48.7 Å². The molecule has 4 rings (SSSR count). The minimum absolute atomic E-state index is 0.622. The van der Waals surface area contributed by atoms with E-state index in [1.54, 1.807) is 0 Å². The van der Waals surface area contributed by atoms with Gasteiger partial charge in [-0.3, -0.25) is 9.88 Å². The van der Waals surface area contributed by atoms with Crippen molar-refractivity contribution in [3.05, 3.63) is 65.5 Å². The number of benzene rings is 1. The predicted octanol–water partition coefficient (Wildman–Crippen LogP) is 3.05. The molecule has 1 aliphatic carbocycles. The van der Waals surface area contributed by atoms with Crippen molar-refractivity contribution in [2.75, 3.05) is 13.1 Å². The highest BCUT2D eigenvalue weighted by Crippen LogP contribution is 2.25. The number of nitrogens with one attached hydrogen (secondary N) is 1. The number of hydrogen-bond acceptors (Lipinski definition) is 3. The fourth-order valence-corrected chi connectivity index (χ4v) is 4.32. The third-order valence-electron chi connectivity index (χ3n) is 5.60. The van der Waals surface area contributed by atoms with E-state index in [-0.39, 0.29) is 0 Å². The van der Waals surface area contributed by atoms with E-state index in [0.29, 0.717) is 18.0 Å². The van der Waals surface area contributed by atoms with Gasteiger partial charge < -0.3 is 5.32 Å². The lowest BCUT2D eigenvalue weighted by atomic mass is 9.92. The Labute approximate surface area is 145 Å². The molecule has 0 unspecified atom stereocenters. The summed E-state index contributed by atoms with van der Waals surface area (Å²) < 4.78 is 0. The van der Waals surface area contributed by atoms with E-state index in [1.165, 1.54) is 36.1 Å². The third-order valence-corrected chi connectivity index (χ3v) is 5.60. The molecule has 2 heterocycles. The van der Waals surface area contributed by atoms with Crippen LogP contribution in [-0.4, -0.2) is 35.1 Å². The zero-order chi connectivity index (χ0) is 16.4. The fourth-order valence-electron chi connectivity index (χ4n) is 4.32. The van der Waals surface area contributed by atoms with E-state index in [2.05, 4.69) is 58.5 Å². The lowest BCUT2D eigenvalue weighted by molar-refractivity contribution is 0.133. The standard InChI is InChI=1S/C21H27N3/c1-16-14-24(15-19-8-4-5-10-22-19)11-9-21(16)23-20-12-17-6-2-3-7-18(17)13-20/h2-8,10,16,20-21,23H,9,11-15H2,1H3/t16-,21+/m0/s1. The lowest BCUT2D eigenvalue weighted by Gasteiger charge is -2.38. The predicted molar refractivity (Wildman–Crippen MR) is 97.9 cm³/mol. The molecule has 2 atom stereocenters. The fraction of sp³-hybridized carbons (Fsp3) is 0.476. The molecule has 0 radical (unpaired) electrons. The first-order chi connectivity index (χ1) is 11.8. The number of fused-ring (bicyclic) bond motifs is 1. The van der Waals surface area contributed by atoms with Gasteiger partial charge in [-0.2, -0.15) is 0 Å². The van der Waals surface area contributed by atoms with E-state index < -0.39 is 0 Å². The molecule has 1 aromatic heterocycles. The Morgan fingerprint density at radius 3 is 2.50 bits per heavy atom. The first-order valence-electron chi connectivity index (χ1n) is 9.23. The Balaban J connectivity index is 1.30. The van der Waals surface area contributed by atoms with Crippen LogP contribution < -0.4 is 5.32 Å². The van der Waals surface area contributed by atoms with Crippen LogP contribution in [0.1, 0.15) is 30.2 Å². The summed E-state index contributed by atoms with van der Waals surface area (Å²) in [5.74, 6) is 0.686. The largest absolute Gasteiger partial charge is 0.310 e. The molecule has 1 aliphatic heterocycles. The van der Waals surface area contributed by atoms with Crippen LogP contribution in [0.5, 0.6) is 0 Å². The van der Waals surface area contributed by atoms with Gasteiger partial charge in [0.1, 0.15) is 0 Å². The van der Waals surface area contributed by atoms with Gasteiger partial charge in [0.05, 0.1) is 5.69 Å². The van der Waals surface area contributed by atoms with Crippen molar-refractivity contribution in [2.45, 2.75) is 44.8 Å². The van der Waals surface area contributed by atoms with Crippen LogP contribution in [-0.2, 0) is 19.4 Å². The maximum Gasteiger partial charge on any atom is 0.0543 e. The highest BCUT2D eigenvalue weighted by atomic mass is 15.2. The molecule has 3 heteroatoms. The first kappa shape index (κ1) is 15.8. The monoisotopic (exact) mass is 321 g/mol. The van der Waals surface area contributed by atoms with E-state index in [1.807, 2.05) is 12.3 Å². The molecule has 0 spiro atoms. The summed E-state index contributed by atoms with van der Waals surface area (Å²) in [7, 11) is 0. The third kappa shape index (κ3) is 3.52. The van der Waals surface area contributed by atoms with Crippen molar-refractivity contribution in [1.29, 1.82) is 0 Å². The Morgan fingerprint density at radius 2 is 1.83 bits per heavy atom. The second-order valence-electron chi connectivity index (χ2n) is 7.47. The van der Waals surface area contributed by atoms with Crippen molar-refractivity contribution < 1.29 is 0 Å². The Morgan fingerprint density at radius 1 is 1.08 bits per heavy atom. The van der Waals surface area contributed by atoms with E-state index >= 15 is 0 Å². The van der Waals surface area contributed by atoms with Gasteiger partial charge in [0.25, 0.3) is 0 Å². The van der Waals surface area contributed by atoms with E-state index in [0.717, 1.165) is 19.6 Å². The Bertz CT molecular complexity index is 645. The molecule has 2 aromatic rings. The number of aromatic nitrogens is 1.